The Labute approximate surface area is 108 Å². The van der Waals surface area contributed by atoms with Crippen molar-refractivity contribution in [2.24, 2.45) is 0 Å². The second kappa shape index (κ2) is 7.01. The van der Waals surface area contributed by atoms with Crippen LogP contribution < -0.4 is 15.4 Å². The van der Waals surface area contributed by atoms with Gasteiger partial charge in [-0.25, -0.2) is 0 Å². The molecule has 1 heterocycles. The lowest BCUT2D eigenvalue weighted by molar-refractivity contribution is -0.122. The van der Waals surface area contributed by atoms with Crippen LogP contribution in [-0.2, 0) is 4.79 Å². The fourth-order valence-electron chi connectivity index (χ4n) is 2.02. The number of benzene rings is 1. The lowest BCUT2D eigenvalue weighted by Gasteiger charge is -2.11. The predicted molar refractivity (Wildman–Crippen MR) is 70.6 cm³/mol. The number of carbonyl (C=O) groups is 1. The first-order chi connectivity index (χ1) is 8.86. The summed E-state index contributed by atoms with van der Waals surface area (Å²) in [6.45, 7) is 2.25. The number of rotatable bonds is 6. The number of carbonyl (C=O) groups excluding carboxylic acids is 1. The summed E-state index contributed by atoms with van der Waals surface area (Å²) < 4.78 is 5.55. The van der Waals surface area contributed by atoms with Crippen molar-refractivity contribution in [2.75, 3.05) is 19.7 Å². The van der Waals surface area contributed by atoms with Gasteiger partial charge in [-0.3, -0.25) is 4.79 Å². The molecular formula is C14H20N2O2. The Morgan fingerprint density at radius 3 is 2.94 bits per heavy atom. The lowest BCUT2D eigenvalue weighted by Crippen LogP contribution is -2.40. The first-order valence-corrected chi connectivity index (χ1v) is 6.55. The molecule has 1 atom stereocenters. The van der Waals surface area contributed by atoms with Crippen LogP contribution in [0.3, 0.4) is 0 Å². The van der Waals surface area contributed by atoms with E-state index >= 15 is 0 Å². The maximum absolute atomic E-state index is 11.7. The molecule has 1 saturated heterocycles. The van der Waals surface area contributed by atoms with Gasteiger partial charge in [0.2, 0.25) is 5.91 Å². The second-order valence-electron chi connectivity index (χ2n) is 4.46. The Hall–Kier alpha value is -1.55. The molecule has 4 heteroatoms. The maximum Gasteiger partial charge on any atom is 0.237 e. The molecule has 0 unspecified atom stereocenters. The number of amides is 1. The van der Waals surface area contributed by atoms with Crippen LogP contribution in [0.25, 0.3) is 0 Å². The Morgan fingerprint density at radius 1 is 1.39 bits per heavy atom. The first-order valence-electron chi connectivity index (χ1n) is 6.55. The summed E-state index contributed by atoms with van der Waals surface area (Å²) in [5.41, 5.74) is 0. The van der Waals surface area contributed by atoms with Crippen molar-refractivity contribution in [3.63, 3.8) is 0 Å². The third kappa shape index (κ3) is 4.04. The van der Waals surface area contributed by atoms with Crippen molar-refractivity contribution in [2.45, 2.75) is 25.3 Å². The van der Waals surface area contributed by atoms with Crippen molar-refractivity contribution >= 4 is 5.91 Å². The molecule has 1 fully saturated rings. The smallest absolute Gasteiger partial charge is 0.237 e. The highest BCUT2D eigenvalue weighted by atomic mass is 16.5. The van der Waals surface area contributed by atoms with Gasteiger partial charge >= 0.3 is 0 Å². The number of hydrogen-bond acceptors (Lipinski definition) is 3. The van der Waals surface area contributed by atoms with Gasteiger partial charge in [0.25, 0.3) is 0 Å². The Bertz CT molecular complexity index is 361. The minimum Gasteiger partial charge on any atom is -0.494 e. The van der Waals surface area contributed by atoms with Gasteiger partial charge in [-0.2, -0.15) is 0 Å². The monoisotopic (exact) mass is 248 g/mol. The summed E-state index contributed by atoms with van der Waals surface area (Å²) >= 11 is 0. The standard InChI is InChI=1S/C14H20N2O2/c17-14(13-8-4-9-15-13)16-10-5-11-18-12-6-2-1-3-7-12/h1-3,6-7,13,15H,4-5,8-11H2,(H,16,17)/t13-/m0/s1. The van der Waals surface area contributed by atoms with Crippen LogP contribution in [-0.4, -0.2) is 31.6 Å². The molecule has 2 rings (SSSR count). The van der Waals surface area contributed by atoms with E-state index in [1.54, 1.807) is 0 Å². The van der Waals surface area contributed by atoms with Crippen LogP contribution in [0.5, 0.6) is 5.75 Å². The summed E-state index contributed by atoms with van der Waals surface area (Å²) in [4.78, 5) is 11.7. The highest BCUT2D eigenvalue weighted by Crippen LogP contribution is 2.08. The summed E-state index contributed by atoms with van der Waals surface area (Å²) in [6.07, 6.45) is 2.87. The van der Waals surface area contributed by atoms with E-state index in [1.807, 2.05) is 30.3 Å². The summed E-state index contributed by atoms with van der Waals surface area (Å²) in [5, 5.41) is 6.11. The number of para-hydroxylation sites is 1. The molecule has 0 radical (unpaired) electrons. The molecule has 1 aromatic rings. The maximum atomic E-state index is 11.7. The molecule has 1 aliphatic heterocycles. The van der Waals surface area contributed by atoms with Gasteiger partial charge in [0, 0.05) is 6.54 Å². The SMILES string of the molecule is O=C(NCCCOc1ccccc1)[C@@H]1CCCN1. The molecule has 2 N–H and O–H groups in total. The van der Waals surface area contributed by atoms with Crippen LogP contribution >= 0.6 is 0 Å². The van der Waals surface area contributed by atoms with Crippen molar-refractivity contribution in [1.82, 2.24) is 10.6 Å². The van der Waals surface area contributed by atoms with E-state index in [0.29, 0.717) is 13.2 Å². The third-order valence-electron chi connectivity index (χ3n) is 3.01. The number of hydrogen-bond donors (Lipinski definition) is 2. The van der Waals surface area contributed by atoms with Crippen molar-refractivity contribution in [1.29, 1.82) is 0 Å². The molecule has 0 saturated carbocycles. The predicted octanol–water partition coefficient (Wildman–Crippen LogP) is 1.32. The number of nitrogens with one attached hydrogen (secondary N) is 2. The quantitative estimate of drug-likeness (QED) is 0.747. The van der Waals surface area contributed by atoms with E-state index in [0.717, 1.165) is 31.6 Å². The van der Waals surface area contributed by atoms with E-state index in [1.165, 1.54) is 0 Å². The fraction of sp³-hybridized carbons (Fsp3) is 0.500. The van der Waals surface area contributed by atoms with E-state index in [-0.39, 0.29) is 11.9 Å². The van der Waals surface area contributed by atoms with Gasteiger partial charge in [-0.05, 0) is 37.9 Å². The van der Waals surface area contributed by atoms with E-state index < -0.39 is 0 Å². The summed E-state index contributed by atoms with van der Waals surface area (Å²) in [5.74, 6) is 0.994. The average Bonchev–Trinajstić information content (AvgIpc) is 2.93. The molecule has 0 bridgehead atoms. The van der Waals surface area contributed by atoms with Crippen LogP contribution in [0, 0.1) is 0 Å². The molecule has 1 amide bonds. The van der Waals surface area contributed by atoms with Gasteiger partial charge in [0.15, 0.2) is 0 Å². The van der Waals surface area contributed by atoms with Crippen molar-refractivity contribution < 1.29 is 9.53 Å². The Morgan fingerprint density at radius 2 is 2.22 bits per heavy atom. The molecule has 0 aliphatic carbocycles. The highest BCUT2D eigenvalue weighted by Gasteiger charge is 2.20. The molecule has 4 nitrogen and oxygen atoms in total. The molecule has 18 heavy (non-hydrogen) atoms. The van der Waals surface area contributed by atoms with Gasteiger partial charge in [-0.1, -0.05) is 18.2 Å². The molecule has 0 aromatic heterocycles. The molecule has 1 aliphatic rings. The zero-order valence-corrected chi connectivity index (χ0v) is 10.5. The highest BCUT2D eigenvalue weighted by molar-refractivity contribution is 5.81. The summed E-state index contributed by atoms with van der Waals surface area (Å²) in [6, 6.07) is 9.73. The largest absolute Gasteiger partial charge is 0.494 e. The third-order valence-corrected chi connectivity index (χ3v) is 3.01. The zero-order chi connectivity index (χ0) is 12.6. The lowest BCUT2D eigenvalue weighted by atomic mass is 10.2. The zero-order valence-electron chi connectivity index (χ0n) is 10.5. The van der Waals surface area contributed by atoms with Crippen LogP contribution in [0.4, 0.5) is 0 Å². The van der Waals surface area contributed by atoms with Crippen LogP contribution in [0.1, 0.15) is 19.3 Å². The van der Waals surface area contributed by atoms with E-state index in [2.05, 4.69) is 10.6 Å². The summed E-state index contributed by atoms with van der Waals surface area (Å²) in [7, 11) is 0. The van der Waals surface area contributed by atoms with E-state index in [4.69, 9.17) is 4.74 Å². The second-order valence-corrected chi connectivity index (χ2v) is 4.46. The normalized spacial score (nSPS) is 18.6. The van der Waals surface area contributed by atoms with Gasteiger partial charge in [0.05, 0.1) is 12.6 Å². The minimum atomic E-state index is 0.0139. The minimum absolute atomic E-state index is 0.0139. The van der Waals surface area contributed by atoms with E-state index in [9.17, 15) is 4.79 Å². The first kappa shape index (κ1) is 12.9. The Balaban J connectivity index is 1.54. The number of ether oxygens (including phenoxy) is 1. The fourth-order valence-corrected chi connectivity index (χ4v) is 2.02. The molecule has 1 aromatic carbocycles. The van der Waals surface area contributed by atoms with Crippen LogP contribution in [0.2, 0.25) is 0 Å². The molecule has 0 spiro atoms. The van der Waals surface area contributed by atoms with Crippen molar-refractivity contribution in [3.8, 4) is 5.75 Å². The van der Waals surface area contributed by atoms with Crippen molar-refractivity contribution in [3.05, 3.63) is 30.3 Å². The van der Waals surface area contributed by atoms with Gasteiger partial charge < -0.3 is 15.4 Å². The Kier molecular flexibility index (Phi) is 5.02. The van der Waals surface area contributed by atoms with Gasteiger partial charge in [0.1, 0.15) is 5.75 Å². The molecule has 98 valence electrons. The van der Waals surface area contributed by atoms with Crippen LogP contribution in [0.15, 0.2) is 30.3 Å². The topological polar surface area (TPSA) is 50.4 Å². The molecular weight excluding hydrogens is 228 g/mol. The average molecular weight is 248 g/mol. The van der Waals surface area contributed by atoms with Gasteiger partial charge in [-0.15, -0.1) is 0 Å².